The molecule has 0 saturated carbocycles. The zero-order valence-corrected chi connectivity index (χ0v) is 17.6. The maximum Gasteiger partial charge on any atom is 0.225 e. The molecule has 3 rings (SSSR count). The minimum atomic E-state index is -2.14. The lowest BCUT2D eigenvalue weighted by molar-refractivity contribution is -0.749. The molecular formula is C18H16Cl3N3O3S. The van der Waals surface area contributed by atoms with E-state index in [-0.39, 0.29) is 0 Å². The molecule has 0 atom stereocenters. The Hall–Kier alpha value is -1.93. The fourth-order valence-electron chi connectivity index (χ4n) is 2.76. The molecule has 0 amide bonds. The fraction of sp³-hybridized carbons (Fsp3) is 0.167. The largest absolute Gasteiger partial charge is 0.225 e. The third kappa shape index (κ3) is 5.32. The van der Waals surface area contributed by atoms with E-state index in [1.54, 1.807) is 12.1 Å². The number of hydrogen-bond donors (Lipinski definition) is 0. The van der Waals surface area contributed by atoms with Crippen molar-refractivity contribution in [1.82, 2.24) is 9.71 Å². The topological polar surface area (TPSA) is 70.2 Å². The number of benzene rings is 2. The van der Waals surface area contributed by atoms with Gasteiger partial charge in [-0.05, 0) is 57.1 Å². The van der Waals surface area contributed by atoms with E-state index in [1.807, 2.05) is 36.4 Å². The van der Waals surface area contributed by atoms with Crippen molar-refractivity contribution in [3.8, 4) is 0 Å². The number of halogens is 3. The second kappa shape index (κ2) is 9.05. The number of hydrogen-bond acceptors (Lipinski definition) is 4. The van der Waals surface area contributed by atoms with Crippen LogP contribution in [-0.2, 0) is 18.6 Å². The average molecular weight is 461 g/mol. The predicted octanol–water partition coefficient (Wildman–Crippen LogP) is 5.61. The smallest absolute Gasteiger partial charge is 0.218 e. The molecule has 1 aromatic heterocycles. The van der Waals surface area contributed by atoms with E-state index in [9.17, 15) is 10.1 Å². The Morgan fingerprint density at radius 1 is 1.11 bits per heavy atom. The monoisotopic (exact) mass is 459 g/mol. The van der Waals surface area contributed by atoms with Gasteiger partial charge in [-0.2, -0.15) is 4.94 Å². The minimum absolute atomic E-state index is 0.433. The SMILES string of the molecule is O=[N+]([O-])On1ccnc1CCc1ccccc1S(Cl)(Cl)Cc1ccc(Cl)cc1. The van der Waals surface area contributed by atoms with Crippen LogP contribution in [0.5, 0.6) is 0 Å². The summed E-state index contributed by atoms with van der Waals surface area (Å²) < 4.78 is 1.04. The van der Waals surface area contributed by atoms with Gasteiger partial charge in [-0.3, -0.25) is 0 Å². The summed E-state index contributed by atoms with van der Waals surface area (Å²) in [6, 6.07) is 15.1. The molecule has 6 nitrogen and oxygen atoms in total. The summed E-state index contributed by atoms with van der Waals surface area (Å²) in [4.78, 5) is 20.0. The Morgan fingerprint density at radius 3 is 2.54 bits per heavy atom. The van der Waals surface area contributed by atoms with Crippen LogP contribution >= 0.6 is 41.4 Å². The second-order valence-electron chi connectivity index (χ2n) is 5.93. The Morgan fingerprint density at radius 2 is 1.82 bits per heavy atom. The highest BCUT2D eigenvalue weighted by Gasteiger charge is 2.25. The zero-order valence-electron chi connectivity index (χ0n) is 14.5. The van der Waals surface area contributed by atoms with E-state index in [0.717, 1.165) is 20.8 Å². The standard InChI is InChI=1S/C18H16Cl3N3O3S/c19-16-8-5-14(6-9-16)13-28(20,21)17-4-2-1-3-15(17)7-10-18-22-11-12-23(18)27-24(25)26/h1-6,8-9,11-12H,7,10,13H2. The molecule has 28 heavy (non-hydrogen) atoms. The van der Waals surface area contributed by atoms with Gasteiger partial charge in [-0.1, -0.05) is 55.1 Å². The molecule has 3 aromatic rings. The van der Waals surface area contributed by atoms with Crippen LogP contribution in [0, 0.1) is 10.1 Å². The van der Waals surface area contributed by atoms with Crippen LogP contribution < -0.4 is 4.94 Å². The zero-order chi connectivity index (χ0) is 20.1. The highest BCUT2D eigenvalue weighted by atomic mass is 36.0. The van der Waals surface area contributed by atoms with Crippen molar-refractivity contribution in [3.63, 3.8) is 0 Å². The van der Waals surface area contributed by atoms with Crippen molar-refractivity contribution in [2.45, 2.75) is 23.5 Å². The average Bonchev–Trinajstić information content (AvgIpc) is 3.08. The van der Waals surface area contributed by atoms with Crippen molar-refractivity contribution in [2.75, 3.05) is 0 Å². The van der Waals surface area contributed by atoms with Crippen LogP contribution in [-0.4, -0.2) is 14.8 Å². The number of imidazole rings is 1. The Bertz CT molecular complexity index is 964. The van der Waals surface area contributed by atoms with Gasteiger partial charge in [0.2, 0.25) is 5.82 Å². The summed E-state index contributed by atoms with van der Waals surface area (Å²) in [5.41, 5.74) is 1.96. The van der Waals surface area contributed by atoms with Gasteiger partial charge in [0.1, 0.15) is 6.20 Å². The quantitative estimate of drug-likeness (QED) is 0.323. The lowest BCUT2D eigenvalue weighted by Crippen LogP contribution is -2.20. The van der Waals surface area contributed by atoms with Gasteiger partial charge in [0, 0.05) is 22.1 Å². The van der Waals surface area contributed by atoms with Crippen LogP contribution in [0.15, 0.2) is 65.8 Å². The summed E-state index contributed by atoms with van der Waals surface area (Å²) in [6.07, 6.45) is 3.83. The van der Waals surface area contributed by atoms with Gasteiger partial charge in [-0.25, -0.2) is 15.1 Å². The van der Waals surface area contributed by atoms with Crippen LogP contribution in [0.1, 0.15) is 17.0 Å². The third-order valence-corrected chi connectivity index (χ3v) is 7.65. The van der Waals surface area contributed by atoms with Gasteiger partial charge in [0.25, 0.3) is 0 Å². The van der Waals surface area contributed by atoms with Gasteiger partial charge < -0.3 is 0 Å². The molecular weight excluding hydrogens is 445 g/mol. The van der Waals surface area contributed by atoms with E-state index in [2.05, 4.69) is 9.92 Å². The second-order valence-corrected chi connectivity index (χ2v) is 11.9. The molecule has 1 heterocycles. The molecule has 0 fully saturated rings. The summed E-state index contributed by atoms with van der Waals surface area (Å²) in [7, 11) is 11.4. The Balaban J connectivity index is 1.78. The number of aryl methyl sites for hydroxylation is 2. The van der Waals surface area contributed by atoms with E-state index >= 15 is 0 Å². The Kier molecular flexibility index (Phi) is 6.72. The molecule has 0 radical (unpaired) electrons. The molecule has 0 N–H and O–H groups in total. The molecule has 0 saturated heterocycles. The van der Waals surface area contributed by atoms with Gasteiger partial charge >= 0.3 is 0 Å². The number of aromatic nitrogens is 2. The first-order chi connectivity index (χ1) is 13.3. The van der Waals surface area contributed by atoms with Gasteiger partial charge in [-0.15, -0.1) is 0 Å². The lowest BCUT2D eigenvalue weighted by Gasteiger charge is -2.28. The van der Waals surface area contributed by atoms with Gasteiger partial charge in [0.15, 0.2) is 5.09 Å². The maximum absolute atomic E-state index is 10.6. The van der Waals surface area contributed by atoms with E-state index in [0.29, 0.717) is 29.4 Å². The van der Waals surface area contributed by atoms with Gasteiger partial charge in [0.05, 0.1) is 6.20 Å². The first-order valence-corrected chi connectivity index (χ1v) is 12.1. The fourth-order valence-corrected chi connectivity index (χ4v) is 6.14. The summed E-state index contributed by atoms with van der Waals surface area (Å²) in [6.45, 7) is 0. The summed E-state index contributed by atoms with van der Waals surface area (Å²) in [5.74, 6) is 0.928. The molecule has 0 spiro atoms. The molecule has 0 aliphatic heterocycles. The molecule has 2 aromatic carbocycles. The molecule has 0 aliphatic rings. The molecule has 10 heteroatoms. The molecule has 0 bridgehead atoms. The number of rotatable bonds is 8. The van der Waals surface area contributed by atoms with Crippen LogP contribution in [0.2, 0.25) is 5.02 Å². The first kappa shape index (κ1) is 20.8. The normalized spacial score (nSPS) is 12.0. The van der Waals surface area contributed by atoms with E-state index in [4.69, 9.17) is 33.0 Å². The van der Waals surface area contributed by atoms with Crippen LogP contribution in [0.25, 0.3) is 0 Å². The van der Waals surface area contributed by atoms with Crippen molar-refractivity contribution in [1.29, 1.82) is 0 Å². The van der Waals surface area contributed by atoms with Crippen molar-refractivity contribution >= 4 is 41.4 Å². The molecule has 0 unspecified atom stereocenters. The van der Waals surface area contributed by atoms with E-state index in [1.165, 1.54) is 12.4 Å². The summed E-state index contributed by atoms with van der Waals surface area (Å²) in [5, 5.41) is 10.3. The lowest BCUT2D eigenvalue weighted by atomic mass is 10.1. The minimum Gasteiger partial charge on any atom is -0.218 e. The molecule has 0 aliphatic carbocycles. The predicted molar refractivity (Wildman–Crippen MR) is 112 cm³/mol. The summed E-state index contributed by atoms with van der Waals surface area (Å²) >= 11 is 5.94. The van der Waals surface area contributed by atoms with Crippen molar-refractivity contribution < 1.29 is 10.0 Å². The molecule has 148 valence electrons. The van der Waals surface area contributed by atoms with E-state index < -0.39 is 13.5 Å². The highest BCUT2D eigenvalue weighted by Crippen LogP contribution is 2.68. The van der Waals surface area contributed by atoms with Crippen LogP contribution in [0.3, 0.4) is 0 Å². The van der Waals surface area contributed by atoms with Crippen LogP contribution in [0.4, 0.5) is 0 Å². The Labute approximate surface area is 177 Å². The van der Waals surface area contributed by atoms with Crippen molar-refractivity contribution in [2.24, 2.45) is 0 Å². The third-order valence-electron chi connectivity index (χ3n) is 4.01. The first-order valence-electron chi connectivity index (χ1n) is 8.23. The number of nitrogens with zero attached hydrogens (tertiary/aromatic N) is 3. The van der Waals surface area contributed by atoms with Crippen molar-refractivity contribution in [3.05, 3.63) is 93.0 Å². The maximum atomic E-state index is 10.6. The highest BCUT2D eigenvalue weighted by molar-refractivity contribution is 8.65.